The molecular weight excluding hydrogens is 608 g/mol. The molecule has 0 saturated heterocycles. The van der Waals surface area contributed by atoms with Gasteiger partial charge in [-0.1, -0.05) is 35.4 Å². The van der Waals surface area contributed by atoms with Gasteiger partial charge < -0.3 is 18.8 Å². The van der Waals surface area contributed by atoms with Crippen molar-refractivity contribution in [1.29, 1.82) is 0 Å². The first-order valence-electron chi connectivity index (χ1n) is 13.5. The average molecular weight is 647 g/mol. The molecule has 238 valence electrons. The van der Waals surface area contributed by atoms with Crippen LogP contribution >= 0.6 is 0 Å². The highest BCUT2D eigenvalue weighted by molar-refractivity contribution is 7.86. The molecule has 2 aromatic carbocycles. The Morgan fingerprint density at radius 2 is 1.14 bits per heavy atom. The molecule has 13 heteroatoms. The molecule has 0 aliphatic heterocycles. The summed E-state index contributed by atoms with van der Waals surface area (Å²) in [5, 5.41) is 0. The molecule has 0 spiro atoms. The zero-order valence-electron chi connectivity index (χ0n) is 24.9. The maximum absolute atomic E-state index is 10.5. The highest BCUT2D eigenvalue weighted by atomic mass is 32.2. The van der Waals surface area contributed by atoms with Gasteiger partial charge in [-0.3, -0.25) is 9.54 Å². The molecule has 0 amide bonds. The zero-order valence-corrected chi connectivity index (χ0v) is 26.5. The van der Waals surface area contributed by atoms with Gasteiger partial charge in [-0.15, -0.1) is 0 Å². The lowest BCUT2D eigenvalue weighted by atomic mass is 10.1. The Labute approximate surface area is 259 Å². The zero-order chi connectivity index (χ0) is 32.4. The van der Waals surface area contributed by atoms with Gasteiger partial charge >= 0.3 is 0 Å². The Bertz CT molecular complexity index is 1510. The third-order valence-electron chi connectivity index (χ3n) is 5.83. The van der Waals surface area contributed by atoms with E-state index in [2.05, 4.69) is 34.1 Å². The molecule has 11 nitrogen and oxygen atoms in total. The summed E-state index contributed by atoms with van der Waals surface area (Å²) in [5.41, 5.74) is 4.24. The molecule has 2 aromatic heterocycles. The van der Waals surface area contributed by atoms with Crippen molar-refractivity contribution in [3.05, 3.63) is 109 Å². The van der Waals surface area contributed by atoms with E-state index < -0.39 is 20.2 Å². The van der Waals surface area contributed by atoms with Crippen molar-refractivity contribution in [2.75, 3.05) is 40.1 Å². The highest BCUT2D eigenvalue weighted by Crippen LogP contribution is 2.15. The van der Waals surface area contributed by atoms with Crippen molar-refractivity contribution >= 4 is 20.2 Å². The fourth-order valence-electron chi connectivity index (χ4n) is 3.39. The number of benzene rings is 2. The number of pyridine rings is 2. The number of hydrogen-bond acceptors (Lipinski definition) is 9. The first kappa shape index (κ1) is 36.6. The minimum absolute atomic E-state index is 0.0666. The summed E-state index contributed by atoms with van der Waals surface area (Å²) in [6, 6.07) is 20.0. The molecule has 0 atom stereocenters. The summed E-state index contributed by atoms with van der Waals surface area (Å²) < 4.78 is 78.6. The van der Waals surface area contributed by atoms with Crippen LogP contribution in [0, 0.1) is 13.8 Å². The van der Waals surface area contributed by atoms with E-state index in [0.717, 1.165) is 17.7 Å². The fourth-order valence-corrected chi connectivity index (χ4v) is 4.34. The van der Waals surface area contributed by atoms with Crippen molar-refractivity contribution in [2.24, 2.45) is 0 Å². The van der Waals surface area contributed by atoms with E-state index >= 15 is 0 Å². The Hall–Kier alpha value is -3.56. The summed E-state index contributed by atoms with van der Waals surface area (Å²) in [6.07, 6.45) is 7.74. The van der Waals surface area contributed by atoms with Gasteiger partial charge in [0.15, 0.2) is 18.9 Å². The summed E-state index contributed by atoms with van der Waals surface area (Å²) >= 11 is 0. The van der Waals surface area contributed by atoms with Gasteiger partial charge in [0.2, 0.25) is 0 Å². The molecular formula is C31H38N2O9S2. The molecule has 44 heavy (non-hydrogen) atoms. The minimum Gasteiger partial charge on any atom is -0.744 e. The highest BCUT2D eigenvalue weighted by Gasteiger charge is 2.07. The number of rotatable bonds is 12. The van der Waals surface area contributed by atoms with Gasteiger partial charge in [-0.05, 0) is 61.4 Å². The first-order chi connectivity index (χ1) is 20.9. The van der Waals surface area contributed by atoms with Crippen molar-refractivity contribution in [3.8, 4) is 11.1 Å². The maximum atomic E-state index is 10.5. The lowest BCUT2D eigenvalue weighted by Crippen LogP contribution is -2.35. The van der Waals surface area contributed by atoms with Crippen molar-refractivity contribution in [3.63, 3.8) is 0 Å². The molecule has 1 N–H and O–H groups in total. The number of nitrogens with zero attached hydrogens (tertiary/aromatic N) is 2. The van der Waals surface area contributed by atoms with Crippen molar-refractivity contribution in [1.82, 2.24) is 4.98 Å². The van der Waals surface area contributed by atoms with Crippen LogP contribution in [-0.4, -0.2) is 71.1 Å². The lowest BCUT2D eigenvalue weighted by Gasteiger charge is -2.05. The van der Waals surface area contributed by atoms with Gasteiger partial charge in [-0.25, -0.2) is 13.0 Å². The number of ether oxygens (including phenoxy) is 3. The molecule has 2 heterocycles. The molecule has 0 aliphatic carbocycles. The standard InChI is InChI=1S/C17H23N2O3.2C7H8O3S/c1-20-12-13-22-15-14-21-11-10-19-8-4-17(5-9-19)16-2-6-18-7-3-16;2*1-6-2-4-7(5-3-6)11(8,9)10/h2-9H,10-15H2,1H3;2*2-5H,1H3,(H,8,9,10)/q+1;;/p-1. The second kappa shape index (κ2) is 19.0. The predicted octanol–water partition coefficient (Wildman–Crippen LogP) is 3.86. The molecule has 0 saturated carbocycles. The summed E-state index contributed by atoms with van der Waals surface area (Å²) in [5.74, 6) is 0. The van der Waals surface area contributed by atoms with E-state index in [-0.39, 0.29) is 9.79 Å². The fraction of sp³-hybridized carbons (Fsp3) is 0.290. The maximum Gasteiger partial charge on any atom is 0.294 e. The topological polar surface area (TPSA) is 156 Å². The Balaban J connectivity index is 0.000000257. The normalized spacial score (nSPS) is 11.1. The van der Waals surface area contributed by atoms with Crippen LogP contribution in [0.25, 0.3) is 11.1 Å². The lowest BCUT2D eigenvalue weighted by molar-refractivity contribution is -0.698. The van der Waals surface area contributed by atoms with Crippen LogP contribution in [0.3, 0.4) is 0 Å². The SMILES string of the molecule is COCCOCCOCC[n+]1ccc(-c2ccncc2)cc1.Cc1ccc(S(=O)(=O)O)cc1.Cc1ccc(S(=O)(=O)[O-])cc1. The molecule has 4 rings (SSSR count). The van der Waals surface area contributed by atoms with E-state index in [9.17, 15) is 21.4 Å². The third kappa shape index (κ3) is 14.8. The van der Waals surface area contributed by atoms with E-state index in [1.807, 2.05) is 26.0 Å². The van der Waals surface area contributed by atoms with Gasteiger partial charge in [0.1, 0.15) is 16.7 Å². The quantitative estimate of drug-likeness (QED) is 0.136. The second-order valence-electron chi connectivity index (χ2n) is 9.33. The number of methoxy groups -OCH3 is 1. The largest absolute Gasteiger partial charge is 0.744 e. The van der Waals surface area contributed by atoms with E-state index in [0.29, 0.717) is 33.0 Å². The van der Waals surface area contributed by atoms with E-state index in [1.54, 1.807) is 43.8 Å². The van der Waals surface area contributed by atoms with Crippen molar-refractivity contribution in [2.45, 2.75) is 30.2 Å². The molecule has 0 bridgehead atoms. The monoisotopic (exact) mass is 646 g/mol. The third-order valence-corrected chi connectivity index (χ3v) is 7.55. The first-order valence-corrected chi connectivity index (χ1v) is 16.4. The molecule has 0 radical (unpaired) electrons. The number of aryl methyl sites for hydroxylation is 2. The minimum atomic E-state index is -4.27. The Morgan fingerprint density at radius 1 is 0.682 bits per heavy atom. The van der Waals surface area contributed by atoms with Crippen LogP contribution in [0.15, 0.2) is 107 Å². The second-order valence-corrected chi connectivity index (χ2v) is 12.1. The molecule has 0 fully saturated rings. The van der Waals surface area contributed by atoms with Gasteiger partial charge in [0.25, 0.3) is 10.1 Å². The Morgan fingerprint density at radius 3 is 1.61 bits per heavy atom. The summed E-state index contributed by atoms with van der Waals surface area (Å²) in [4.78, 5) is 3.79. The summed E-state index contributed by atoms with van der Waals surface area (Å²) in [7, 11) is -6.63. The number of hydrogen-bond donors (Lipinski definition) is 1. The van der Waals surface area contributed by atoms with Crippen LogP contribution in [-0.2, 0) is 41.0 Å². The average Bonchev–Trinajstić information content (AvgIpc) is 2.99. The van der Waals surface area contributed by atoms with Crippen molar-refractivity contribution < 1.29 is 44.7 Å². The van der Waals surface area contributed by atoms with E-state index in [1.165, 1.54) is 35.4 Å². The molecule has 0 aliphatic rings. The van der Waals surface area contributed by atoms with E-state index in [4.69, 9.17) is 18.8 Å². The van der Waals surface area contributed by atoms with Crippen LogP contribution in [0.4, 0.5) is 0 Å². The van der Waals surface area contributed by atoms with Gasteiger partial charge in [0.05, 0.1) is 36.2 Å². The van der Waals surface area contributed by atoms with Crippen LogP contribution in [0.1, 0.15) is 11.1 Å². The van der Waals surface area contributed by atoms with Crippen LogP contribution in [0.5, 0.6) is 0 Å². The smallest absolute Gasteiger partial charge is 0.294 e. The predicted molar refractivity (Wildman–Crippen MR) is 164 cm³/mol. The summed E-state index contributed by atoms with van der Waals surface area (Å²) in [6.45, 7) is 7.62. The molecule has 0 unspecified atom stereocenters. The Kier molecular flexibility index (Phi) is 15.8. The van der Waals surface area contributed by atoms with Gasteiger partial charge in [-0.2, -0.15) is 8.42 Å². The number of aromatic nitrogens is 2. The van der Waals surface area contributed by atoms with Gasteiger partial charge in [0, 0.05) is 31.6 Å². The molecule has 4 aromatic rings. The van der Waals surface area contributed by atoms with Crippen LogP contribution in [0.2, 0.25) is 0 Å². The van der Waals surface area contributed by atoms with Crippen LogP contribution < -0.4 is 4.57 Å².